The van der Waals surface area contributed by atoms with E-state index in [1.54, 1.807) is 0 Å². The summed E-state index contributed by atoms with van der Waals surface area (Å²) in [7, 11) is 0. The van der Waals surface area contributed by atoms with Crippen LogP contribution in [0.4, 0.5) is 4.39 Å². The van der Waals surface area contributed by atoms with Gasteiger partial charge in [0.2, 0.25) is 0 Å². The summed E-state index contributed by atoms with van der Waals surface area (Å²) in [5.41, 5.74) is 0.522. The van der Waals surface area contributed by atoms with Gasteiger partial charge in [-0.05, 0) is 74.5 Å². The number of hydrogen-bond donors (Lipinski definition) is 1. The first kappa shape index (κ1) is 17.3. The van der Waals surface area contributed by atoms with Crippen LogP contribution in [0.2, 0.25) is 0 Å². The highest BCUT2D eigenvalue weighted by Crippen LogP contribution is 2.16. The van der Waals surface area contributed by atoms with Crippen molar-refractivity contribution in [1.29, 1.82) is 0 Å². The highest BCUT2D eigenvalue weighted by molar-refractivity contribution is 7.98. The van der Waals surface area contributed by atoms with Gasteiger partial charge in [0.25, 0.3) is 5.91 Å². The minimum atomic E-state index is -0.315. The van der Waals surface area contributed by atoms with Crippen LogP contribution in [0.1, 0.15) is 29.6 Å². The van der Waals surface area contributed by atoms with Crippen LogP contribution in [0.15, 0.2) is 24.3 Å². The number of nitrogens with zero attached hydrogens (tertiary/aromatic N) is 1. The maximum atomic E-state index is 12.9. The fourth-order valence-electron chi connectivity index (χ4n) is 2.89. The quantitative estimate of drug-likeness (QED) is 0.783. The molecule has 0 radical (unpaired) electrons. The molecule has 1 aliphatic rings. The average molecular weight is 324 g/mol. The van der Waals surface area contributed by atoms with Gasteiger partial charge >= 0.3 is 0 Å². The van der Waals surface area contributed by atoms with Crippen molar-refractivity contribution in [2.75, 3.05) is 38.2 Å². The maximum Gasteiger partial charge on any atom is 0.251 e. The van der Waals surface area contributed by atoms with Crippen molar-refractivity contribution in [3.63, 3.8) is 0 Å². The fourth-order valence-corrected chi connectivity index (χ4v) is 3.31. The van der Waals surface area contributed by atoms with Crippen molar-refractivity contribution in [3.05, 3.63) is 35.6 Å². The molecule has 0 aromatic heterocycles. The third kappa shape index (κ3) is 5.61. The molecule has 1 unspecified atom stereocenters. The van der Waals surface area contributed by atoms with Gasteiger partial charge in [0.05, 0.1) is 0 Å². The molecule has 0 spiro atoms. The monoisotopic (exact) mass is 324 g/mol. The molecule has 2 rings (SSSR count). The molecule has 1 atom stereocenters. The molecule has 0 saturated carbocycles. The minimum absolute atomic E-state index is 0.112. The smallest absolute Gasteiger partial charge is 0.251 e. The zero-order chi connectivity index (χ0) is 15.8. The molecule has 5 heteroatoms. The van der Waals surface area contributed by atoms with Crippen molar-refractivity contribution in [1.82, 2.24) is 10.2 Å². The molecule has 0 aliphatic carbocycles. The van der Waals surface area contributed by atoms with E-state index < -0.39 is 0 Å². The van der Waals surface area contributed by atoms with Gasteiger partial charge in [-0.2, -0.15) is 11.8 Å². The van der Waals surface area contributed by atoms with Crippen LogP contribution in [0, 0.1) is 11.7 Å². The molecule has 1 amide bonds. The van der Waals surface area contributed by atoms with Crippen LogP contribution in [0.5, 0.6) is 0 Å². The Morgan fingerprint density at radius 3 is 2.91 bits per heavy atom. The molecule has 0 bridgehead atoms. The Labute approximate surface area is 136 Å². The zero-order valence-corrected chi connectivity index (χ0v) is 14.0. The third-order valence-corrected chi connectivity index (χ3v) is 4.78. The molecule has 3 nitrogen and oxygen atoms in total. The lowest BCUT2D eigenvalue weighted by atomic mass is 9.97. The Morgan fingerprint density at radius 2 is 2.18 bits per heavy atom. The second-order valence-electron chi connectivity index (χ2n) is 5.87. The van der Waals surface area contributed by atoms with Crippen LogP contribution >= 0.6 is 11.8 Å². The normalized spacial score (nSPS) is 19.1. The first-order valence-electron chi connectivity index (χ1n) is 7.94. The number of carbonyl (C=O) groups is 1. The van der Waals surface area contributed by atoms with Gasteiger partial charge in [0, 0.05) is 18.7 Å². The van der Waals surface area contributed by atoms with Crippen molar-refractivity contribution in [2.24, 2.45) is 5.92 Å². The number of halogens is 1. The fraction of sp³-hybridized carbons (Fsp3) is 0.588. The predicted molar refractivity (Wildman–Crippen MR) is 90.9 cm³/mol. The van der Waals surface area contributed by atoms with E-state index in [1.165, 1.54) is 55.8 Å². The van der Waals surface area contributed by atoms with Crippen LogP contribution in [0.3, 0.4) is 0 Å². The Balaban J connectivity index is 1.73. The first-order chi connectivity index (χ1) is 10.7. The summed E-state index contributed by atoms with van der Waals surface area (Å²) in [6.45, 7) is 4.10. The van der Waals surface area contributed by atoms with Gasteiger partial charge in [-0.25, -0.2) is 4.39 Å². The SMILES string of the molecule is CSCCCN1CCCC(CNC(=O)c2ccc(F)cc2)C1. The van der Waals surface area contributed by atoms with Crippen molar-refractivity contribution in [3.8, 4) is 0 Å². The molecule has 1 N–H and O–H groups in total. The van der Waals surface area contributed by atoms with Gasteiger partial charge in [-0.15, -0.1) is 0 Å². The van der Waals surface area contributed by atoms with E-state index in [0.29, 0.717) is 18.0 Å². The largest absolute Gasteiger partial charge is 0.352 e. The number of rotatable bonds is 7. The van der Waals surface area contributed by atoms with Gasteiger partial charge in [-0.1, -0.05) is 0 Å². The summed E-state index contributed by atoms with van der Waals surface area (Å²) >= 11 is 1.89. The number of benzene rings is 1. The molecule has 1 aromatic rings. The summed E-state index contributed by atoms with van der Waals surface area (Å²) < 4.78 is 12.9. The maximum absolute atomic E-state index is 12.9. The van der Waals surface area contributed by atoms with E-state index in [2.05, 4.69) is 16.5 Å². The van der Waals surface area contributed by atoms with E-state index in [9.17, 15) is 9.18 Å². The standard InChI is InChI=1S/C17H25FN2OS/c1-22-11-3-10-20-9-2-4-14(13-20)12-19-17(21)15-5-7-16(18)8-6-15/h5-8,14H,2-4,9-13H2,1H3,(H,19,21). The Kier molecular flexibility index (Phi) is 7.19. The van der Waals surface area contributed by atoms with Crippen LogP contribution < -0.4 is 5.32 Å². The van der Waals surface area contributed by atoms with E-state index >= 15 is 0 Å². The number of amides is 1. The van der Waals surface area contributed by atoms with Gasteiger partial charge in [0.1, 0.15) is 5.82 Å². The molecule has 1 aliphatic heterocycles. The Morgan fingerprint density at radius 1 is 1.41 bits per heavy atom. The lowest BCUT2D eigenvalue weighted by Crippen LogP contribution is -2.41. The van der Waals surface area contributed by atoms with Gasteiger partial charge in [-0.3, -0.25) is 4.79 Å². The number of likely N-dealkylation sites (tertiary alicyclic amines) is 1. The van der Waals surface area contributed by atoms with E-state index in [4.69, 9.17) is 0 Å². The van der Waals surface area contributed by atoms with Crippen molar-refractivity contribution in [2.45, 2.75) is 19.3 Å². The van der Waals surface area contributed by atoms with Gasteiger partial charge in [0.15, 0.2) is 0 Å². The molecule has 1 heterocycles. The number of nitrogens with one attached hydrogen (secondary N) is 1. The highest BCUT2D eigenvalue weighted by Gasteiger charge is 2.20. The van der Waals surface area contributed by atoms with E-state index in [1.807, 2.05) is 11.8 Å². The second kappa shape index (κ2) is 9.16. The number of hydrogen-bond acceptors (Lipinski definition) is 3. The molecule has 122 valence electrons. The Bertz CT molecular complexity index is 466. The summed E-state index contributed by atoms with van der Waals surface area (Å²) in [5, 5.41) is 2.98. The second-order valence-corrected chi connectivity index (χ2v) is 6.86. The highest BCUT2D eigenvalue weighted by atomic mass is 32.2. The molecular formula is C17H25FN2OS. The number of piperidine rings is 1. The number of carbonyl (C=O) groups excluding carboxylic acids is 1. The van der Waals surface area contributed by atoms with E-state index in [-0.39, 0.29) is 11.7 Å². The van der Waals surface area contributed by atoms with Crippen molar-refractivity contribution < 1.29 is 9.18 Å². The molecule has 1 aromatic carbocycles. The minimum Gasteiger partial charge on any atom is -0.352 e. The molecular weight excluding hydrogens is 299 g/mol. The first-order valence-corrected chi connectivity index (χ1v) is 9.33. The van der Waals surface area contributed by atoms with Crippen molar-refractivity contribution >= 4 is 17.7 Å². The Hall–Kier alpha value is -1.07. The topological polar surface area (TPSA) is 32.3 Å². The van der Waals surface area contributed by atoms with E-state index in [0.717, 1.165) is 13.1 Å². The van der Waals surface area contributed by atoms with Crippen LogP contribution in [0.25, 0.3) is 0 Å². The average Bonchev–Trinajstić information content (AvgIpc) is 2.54. The third-order valence-electron chi connectivity index (χ3n) is 4.08. The predicted octanol–water partition coefficient (Wildman–Crippen LogP) is 3.02. The van der Waals surface area contributed by atoms with Crippen LogP contribution in [-0.2, 0) is 0 Å². The summed E-state index contributed by atoms with van der Waals surface area (Å²) in [4.78, 5) is 14.5. The summed E-state index contributed by atoms with van der Waals surface area (Å²) in [6, 6.07) is 5.70. The zero-order valence-electron chi connectivity index (χ0n) is 13.2. The number of thioether (sulfide) groups is 1. The van der Waals surface area contributed by atoms with Gasteiger partial charge < -0.3 is 10.2 Å². The lowest BCUT2D eigenvalue weighted by Gasteiger charge is -2.32. The molecule has 1 fully saturated rings. The molecule has 22 heavy (non-hydrogen) atoms. The molecule has 1 saturated heterocycles. The van der Waals surface area contributed by atoms with Crippen LogP contribution in [-0.4, -0.2) is 49.0 Å². The summed E-state index contributed by atoms with van der Waals surface area (Å²) in [5.74, 6) is 1.30. The summed E-state index contributed by atoms with van der Waals surface area (Å²) in [6.07, 6.45) is 5.75. The lowest BCUT2D eigenvalue weighted by molar-refractivity contribution is 0.0932.